The summed E-state index contributed by atoms with van der Waals surface area (Å²) in [5, 5.41) is 0. The van der Waals surface area contributed by atoms with E-state index in [2.05, 4.69) is 180 Å². The Hall–Kier alpha value is -4.04. The van der Waals surface area contributed by atoms with Gasteiger partial charge < -0.3 is 0 Å². The number of benzene rings is 6. The molecule has 5 radical (unpaired) electrons. The van der Waals surface area contributed by atoms with Gasteiger partial charge in [-0.1, -0.05) is 107 Å². The second kappa shape index (κ2) is 15.7. The molecule has 6 aromatic rings. The minimum Gasteiger partial charge on any atom is -0.0610 e. The van der Waals surface area contributed by atoms with Gasteiger partial charge in [0.2, 0.25) is 0 Å². The molecule has 0 aromatic heterocycles. The molecule has 0 spiro atoms. The Morgan fingerprint density at radius 3 is 0.633 bits per heavy atom. The van der Waals surface area contributed by atoms with Gasteiger partial charge in [-0.25, -0.2) is 0 Å². The van der Waals surface area contributed by atoms with Crippen molar-refractivity contribution in [2.75, 3.05) is 0 Å². The van der Waals surface area contributed by atoms with Gasteiger partial charge in [0.25, 0.3) is 0 Å². The van der Waals surface area contributed by atoms with Crippen molar-refractivity contribution in [2.45, 2.75) is 83.1 Å². The maximum atomic E-state index is 3.68. The third-order valence-corrected chi connectivity index (χ3v) is 9.38. The summed E-state index contributed by atoms with van der Waals surface area (Å²) in [5.41, 5.74) is 25.8. The third-order valence-electron chi connectivity index (χ3n) is 9.38. The maximum Gasteiger partial charge on any atom is 0 e. The maximum absolute atomic E-state index is 3.68. The summed E-state index contributed by atoms with van der Waals surface area (Å²) in [6, 6.07) is 38.4. The molecule has 0 N–H and O–H groups in total. The van der Waals surface area contributed by atoms with Crippen molar-refractivity contribution >= 4 is 19.8 Å². The summed E-state index contributed by atoms with van der Waals surface area (Å²) in [4.78, 5) is 0. The Morgan fingerprint density at radius 2 is 0.469 bits per heavy atom. The number of hydrogen-bond acceptors (Lipinski definition) is 0. The van der Waals surface area contributed by atoms with Crippen molar-refractivity contribution in [1.82, 2.24) is 0 Å². The predicted octanol–water partition coefficient (Wildman–Crippen LogP) is 13.2. The molecule has 0 saturated heterocycles. The van der Waals surface area contributed by atoms with E-state index < -0.39 is 0 Å². The summed E-state index contributed by atoms with van der Waals surface area (Å²) >= 11 is 0. The smallest absolute Gasteiger partial charge is 0 e. The summed E-state index contributed by atoms with van der Waals surface area (Å²) < 4.78 is 0. The molecule has 0 unspecified atom stereocenters. The van der Waals surface area contributed by atoms with Gasteiger partial charge in [0, 0.05) is 21.2 Å². The van der Waals surface area contributed by atoms with Crippen molar-refractivity contribution in [3.8, 4) is 44.5 Å². The Labute approximate surface area is 311 Å². The van der Waals surface area contributed by atoms with Crippen LogP contribution in [0.4, 0.5) is 0 Å². The van der Waals surface area contributed by atoms with Gasteiger partial charge in [-0.05, 0) is 184 Å². The van der Waals surface area contributed by atoms with E-state index in [-0.39, 0.29) is 21.2 Å². The number of aryl methyl sites for hydroxylation is 12. The Bertz CT molecular complexity index is 1760. The van der Waals surface area contributed by atoms with Crippen LogP contribution in [0.3, 0.4) is 0 Å². The molecular weight excluding hydrogens is 646 g/mol. The number of hydrogen-bond donors (Lipinski definition) is 0. The molecule has 247 valence electrons. The van der Waals surface area contributed by atoms with E-state index in [1.54, 1.807) is 0 Å². The quantitative estimate of drug-likeness (QED) is 0.161. The first-order valence-electron chi connectivity index (χ1n) is 17.1. The largest absolute Gasteiger partial charge is 0.0610 e. The van der Waals surface area contributed by atoms with E-state index in [1.165, 1.54) is 111 Å². The van der Waals surface area contributed by atoms with Gasteiger partial charge in [0.1, 0.15) is 0 Å². The van der Waals surface area contributed by atoms with Crippen LogP contribution in [0.15, 0.2) is 84.9 Å². The summed E-state index contributed by atoms with van der Waals surface area (Å²) in [7, 11) is 0. The molecule has 0 nitrogen and oxygen atoms in total. The fourth-order valence-electron chi connectivity index (χ4n) is 7.94. The molecular formula is C48H52Ga. The van der Waals surface area contributed by atoms with Crippen LogP contribution in [0.1, 0.15) is 68.2 Å². The molecule has 0 atom stereocenters. The second-order valence-electron chi connectivity index (χ2n) is 14.1. The van der Waals surface area contributed by atoms with E-state index in [4.69, 9.17) is 0 Å². The van der Waals surface area contributed by atoms with E-state index >= 15 is 0 Å². The van der Waals surface area contributed by atoms with Crippen LogP contribution in [0.5, 0.6) is 0 Å². The van der Waals surface area contributed by atoms with Crippen molar-refractivity contribution in [3.05, 3.63) is 164 Å². The molecule has 49 heavy (non-hydrogen) atoms. The van der Waals surface area contributed by atoms with E-state index in [1.807, 2.05) is 0 Å². The molecule has 0 bridgehead atoms. The predicted molar refractivity (Wildman–Crippen MR) is 217 cm³/mol. The molecule has 6 rings (SSSR count). The molecule has 0 aliphatic carbocycles. The van der Waals surface area contributed by atoms with Crippen molar-refractivity contribution in [1.29, 1.82) is 0 Å². The molecule has 6 aromatic carbocycles. The molecule has 0 aliphatic heterocycles. The minimum absolute atomic E-state index is 0. The van der Waals surface area contributed by atoms with Crippen LogP contribution < -0.4 is 0 Å². The van der Waals surface area contributed by atoms with E-state index in [9.17, 15) is 0 Å². The monoisotopic (exact) mass is 697 g/mol. The average Bonchev–Trinajstić information content (AvgIpc) is 2.96. The van der Waals surface area contributed by atoms with Gasteiger partial charge in [-0.2, -0.15) is 0 Å². The second-order valence-corrected chi connectivity index (χ2v) is 14.1. The Morgan fingerprint density at radius 1 is 0.306 bits per heavy atom. The Kier molecular flexibility index (Phi) is 12.1. The fourth-order valence-corrected chi connectivity index (χ4v) is 7.94. The van der Waals surface area contributed by atoms with Gasteiger partial charge in [-0.3, -0.25) is 0 Å². The Balaban J connectivity index is 0.000000260. The minimum atomic E-state index is 0. The standard InChI is InChI=1S/2C24H25.Ga.H2/c2*1-15-10-17(3)23(18(4)11-15)21-8-7-9-22(14-21)24-19(5)12-16(2)13-20(24)6;;/h2*7-13H,1-6H3;;1H. The van der Waals surface area contributed by atoms with Gasteiger partial charge in [0.05, 0.1) is 0 Å². The zero-order valence-electron chi connectivity index (χ0n) is 31.7. The molecule has 0 heterocycles. The summed E-state index contributed by atoms with van der Waals surface area (Å²) in [6.45, 7) is 26.2. The topological polar surface area (TPSA) is 0 Å². The molecule has 0 fully saturated rings. The summed E-state index contributed by atoms with van der Waals surface area (Å²) in [5.74, 6) is 0. The fraction of sp³-hybridized carbons (Fsp3) is 0.250. The zero-order chi connectivity index (χ0) is 34.9. The van der Waals surface area contributed by atoms with Crippen LogP contribution in [-0.2, 0) is 0 Å². The first kappa shape index (κ1) is 37.8. The van der Waals surface area contributed by atoms with E-state index in [0.29, 0.717) is 0 Å². The molecule has 1 heteroatoms. The summed E-state index contributed by atoms with van der Waals surface area (Å²) in [6.07, 6.45) is 0. The van der Waals surface area contributed by atoms with Gasteiger partial charge >= 0.3 is 0 Å². The average molecular weight is 699 g/mol. The SMILES string of the molecule is Cc1cc(C)c(-c2[c]c(-c3c(C)cc(C)cc3C)ccc2)c(C)c1.Cc1cc(C)c(-c2[c]c(-c3c(C)cc(C)cc3C)ccc2)c(C)c1.[Ga].[HH]. The van der Waals surface area contributed by atoms with Crippen molar-refractivity contribution in [2.24, 2.45) is 0 Å². The van der Waals surface area contributed by atoms with Crippen LogP contribution in [0, 0.1) is 95.2 Å². The number of rotatable bonds is 4. The molecule has 0 saturated carbocycles. The van der Waals surface area contributed by atoms with Crippen LogP contribution >= 0.6 is 0 Å². The van der Waals surface area contributed by atoms with Crippen molar-refractivity contribution in [3.63, 3.8) is 0 Å². The van der Waals surface area contributed by atoms with Gasteiger partial charge in [0.15, 0.2) is 0 Å². The first-order chi connectivity index (χ1) is 22.7. The first-order valence-corrected chi connectivity index (χ1v) is 17.1. The van der Waals surface area contributed by atoms with Crippen LogP contribution in [0.2, 0.25) is 0 Å². The van der Waals surface area contributed by atoms with Gasteiger partial charge in [-0.15, -0.1) is 0 Å². The van der Waals surface area contributed by atoms with Crippen LogP contribution in [-0.4, -0.2) is 19.8 Å². The van der Waals surface area contributed by atoms with Crippen molar-refractivity contribution < 1.29 is 1.43 Å². The van der Waals surface area contributed by atoms with E-state index in [0.717, 1.165) is 0 Å². The molecule has 0 amide bonds. The normalized spacial score (nSPS) is 10.7. The van der Waals surface area contributed by atoms with Crippen LogP contribution in [0.25, 0.3) is 44.5 Å². The zero-order valence-corrected chi connectivity index (χ0v) is 34.1. The third kappa shape index (κ3) is 8.40. The molecule has 0 aliphatic rings.